The van der Waals surface area contributed by atoms with E-state index < -0.39 is 48.8 Å². The van der Waals surface area contributed by atoms with Crippen molar-refractivity contribution in [2.24, 2.45) is 0 Å². The van der Waals surface area contributed by atoms with Crippen LogP contribution in [0.3, 0.4) is 0 Å². The summed E-state index contributed by atoms with van der Waals surface area (Å²) in [6.45, 7) is -0.560. The van der Waals surface area contributed by atoms with Crippen molar-refractivity contribution in [2.75, 3.05) is 24.4 Å². The van der Waals surface area contributed by atoms with Gasteiger partial charge in [-0.2, -0.15) is 0 Å². The number of ether oxygens (including phenoxy) is 1. The first-order valence-electron chi connectivity index (χ1n) is 7.09. The van der Waals surface area contributed by atoms with Crippen LogP contribution >= 0.6 is 0 Å². The summed E-state index contributed by atoms with van der Waals surface area (Å²) in [7, 11) is -6.78. The first kappa shape index (κ1) is 19.1. The Kier molecular flexibility index (Phi) is 5.32. The monoisotopic (exact) mass is 392 g/mol. The van der Waals surface area contributed by atoms with Crippen LogP contribution in [0.25, 0.3) is 0 Å². The zero-order valence-corrected chi connectivity index (χ0v) is 14.8. The Labute approximate surface area is 144 Å². The van der Waals surface area contributed by atoms with Crippen molar-refractivity contribution in [3.05, 3.63) is 28.3 Å². The molecule has 1 N–H and O–H groups in total. The molecule has 1 aromatic rings. The number of nitrogens with one attached hydrogen (secondary N) is 1. The summed E-state index contributed by atoms with van der Waals surface area (Å²) in [5, 5.41) is 13.5. The standard InChI is InChI=1S/C13H16N2O8S2/c1-24(19,20)10-2-3-12(11(6-10)15(17)18)23-7-13(16)14-9-4-5-25(21,22)8-9/h2-3,6,9H,4-5,7-8H2,1H3,(H,14,16)/t9-/m0/s1. The average Bonchev–Trinajstić information content (AvgIpc) is 2.82. The second kappa shape index (κ2) is 6.96. The normalized spacial score (nSPS) is 19.3. The number of sulfone groups is 2. The smallest absolute Gasteiger partial charge is 0.312 e. The number of nitro groups is 1. The van der Waals surface area contributed by atoms with Crippen molar-refractivity contribution in [1.82, 2.24) is 5.32 Å². The number of hydrogen-bond acceptors (Lipinski definition) is 8. The fourth-order valence-electron chi connectivity index (χ4n) is 2.31. The minimum atomic E-state index is -3.63. The van der Waals surface area contributed by atoms with Crippen LogP contribution in [-0.4, -0.2) is 58.1 Å². The fourth-order valence-corrected chi connectivity index (χ4v) is 4.63. The lowest BCUT2D eigenvalue weighted by atomic mass is 10.2. The lowest BCUT2D eigenvalue weighted by molar-refractivity contribution is -0.386. The van der Waals surface area contributed by atoms with Gasteiger partial charge in [-0.15, -0.1) is 0 Å². The van der Waals surface area contributed by atoms with E-state index in [0.29, 0.717) is 6.42 Å². The van der Waals surface area contributed by atoms with E-state index in [4.69, 9.17) is 4.74 Å². The van der Waals surface area contributed by atoms with Gasteiger partial charge in [-0.05, 0) is 18.6 Å². The Balaban J connectivity index is 2.05. The zero-order chi connectivity index (χ0) is 18.8. The van der Waals surface area contributed by atoms with Crippen LogP contribution in [0.5, 0.6) is 5.75 Å². The molecule has 25 heavy (non-hydrogen) atoms. The number of carbonyl (C=O) groups is 1. The predicted octanol–water partition coefficient (Wildman–Crippen LogP) is -0.320. The quantitative estimate of drug-likeness (QED) is 0.511. The molecule has 10 nitrogen and oxygen atoms in total. The molecule has 1 atom stereocenters. The minimum absolute atomic E-state index is 0.00275. The van der Waals surface area contributed by atoms with Gasteiger partial charge in [0.15, 0.2) is 32.0 Å². The fraction of sp³-hybridized carbons (Fsp3) is 0.462. The van der Waals surface area contributed by atoms with Crippen molar-refractivity contribution in [1.29, 1.82) is 0 Å². The third-order valence-corrected chi connectivity index (χ3v) is 6.39. The maximum absolute atomic E-state index is 11.8. The first-order valence-corrected chi connectivity index (χ1v) is 10.8. The van der Waals surface area contributed by atoms with E-state index in [2.05, 4.69) is 5.32 Å². The van der Waals surface area contributed by atoms with E-state index in [0.717, 1.165) is 24.5 Å². The van der Waals surface area contributed by atoms with Crippen LogP contribution in [0.2, 0.25) is 0 Å². The van der Waals surface area contributed by atoms with E-state index in [1.807, 2.05) is 0 Å². The molecule has 0 radical (unpaired) electrons. The van der Waals surface area contributed by atoms with Crippen LogP contribution in [0.4, 0.5) is 5.69 Å². The van der Waals surface area contributed by atoms with Gasteiger partial charge in [0.25, 0.3) is 5.91 Å². The molecule has 0 unspecified atom stereocenters. The van der Waals surface area contributed by atoms with E-state index >= 15 is 0 Å². The number of nitrogens with zero attached hydrogens (tertiary/aromatic N) is 1. The molecular weight excluding hydrogens is 376 g/mol. The molecule has 0 bridgehead atoms. The number of rotatable bonds is 6. The third kappa shape index (κ3) is 5.13. The Morgan fingerprint density at radius 1 is 1.44 bits per heavy atom. The molecule has 0 spiro atoms. The molecule has 1 amide bonds. The Morgan fingerprint density at radius 2 is 2.12 bits per heavy atom. The molecule has 138 valence electrons. The van der Waals surface area contributed by atoms with Gasteiger partial charge >= 0.3 is 5.69 Å². The molecular formula is C13H16N2O8S2. The predicted molar refractivity (Wildman–Crippen MR) is 86.9 cm³/mol. The maximum atomic E-state index is 11.8. The van der Waals surface area contributed by atoms with Gasteiger partial charge in [0.05, 0.1) is 21.3 Å². The Morgan fingerprint density at radius 3 is 2.64 bits per heavy atom. The molecule has 0 saturated carbocycles. The molecule has 0 aliphatic carbocycles. The summed E-state index contributed by atoms with van der Waals surface area (Å²) in [6.07, 6.45) is 1.22. The van der Waals surface area contributed by atoms with Gasteiger partial charge in [0.2, 0.25) is 0 Å². The molecule has 1 aliphatic rings. The maximum Gasteiger partial charge on any atom is 0.312 e. The van der Waals surface area contributed by atoms with Crippen molar-refractivity contribution in [3.63, 3.8) is 0 Å². The lowest BCUT2D eigenvalue weighted by Gasteiger charge is -2.12. The van der Waals surface area contributed by atoms with Gasteiger partial charge in [0.1, 0.15) is 0 Å². The largest absolute Gasteiger partial charge is 0.477 e. The number of nitro benzene ring substituents is 1. The first-order chi connectivity index (χ1) is 11.5. The summed E-state index contributed by atoms with van der Waals surface area (Å²) in [6, 6.07) is 2.58. The van der Waals surface area contributed by atoms with Gasteiger partial charge in [-0.3, -0.25) is 14.9 Å². The van der Waals surface area contributed by atoms with Crippen molar-refractivity contribution in [2.45, 2.75) is 17.4 Å². The number of hydrogen-bond donors (Lipinski definition) is 1. The average molecular weight is 392 g/mol. The van der Waals surface area contributed by atoms with E-state index in [-0.39, 0.29) is 22.2 Å². The third-order valence-electron chi connectivity index (χ3n) is 3.51. The summed E-state index contributed by atoms with van der Waals surface area (Å²) >= 11 is 0. The van der Waals surface area contributed by atoms with Crippen LogP contribution in [0.1, 0.15) is 6.42 Å². The van der Waals surface area contributed by atoms with Crippen molar-refractivity contribution >= 4 is 31.3 Å². The molecule has 1 fully saturated rings. The van der Waals surface area contributed by atoms with Gasteiger partial charge in [0, 0.05) is 18.4 Å². The Hall–Kier alpha value is -2.21. The summed E-state index contributed by atoms with van der Waals surface area (Å²) in [5.74, 6) is -1.03. The molecule has 2 rings (SSSR count). The molecule has 1 aliphatic heterocycles. The summed E-state index contributed by atoms with van der Waals surface area (Å²) in [5.41, 5.74) is -0.584. The van der Waals surface area contributed by atoms with Crippen LogP contribution in [0.15, 0.2) is 23.1 Å². The highest BCUT2D eigenvalue weighted by molar-refractivity contribution is 7.91. The SMILES string of the molecule is CS(=O)(=O)c1ccc(OCC(=O)N[C@H]2CCS(=O)(=O)C2)c([N+](=O)[O-])c1. The second-order valence-corrected chi connectivity index (χ2v) is 9.86. The van der Waals surface area contributed by atoms with Crippen LogP contribution in [0, 0.1) is 10.1 Å². The number of carbonyl (C=O) groups excluding carboxylic acids is 1. The molecule has 0 aromatic heterocycles. The second-order valence-electron chi connectivity index (χ2n) is 5.61. The topological polar surface area (TPSA) is 150 Å². The molecule has 12 heteroatoms. The zero-order valence-electron chi connectivity index (χ0n) is 13.2. The highest BCUT2D eigenvalue weighted by Gasteiger charge is 2.29. The van der Waals surface area contributed by atoms with Crippen LogP contribution < -0.4 is 10.1 Å². The number of amides is 1. The lowest BCUT2D eigenvalue weighted by Crippen LogP contribution is -2.38. The summed E-state index contributed by atoms with van der Waals surface area (Å²) < 4.78 is 50.7. The minimum Gasteiger partial charge on any atom is -0.477 e. The highest BCUT2D eigenvalue weighted by atomic mass is 32.2. The van der Waals surface area contributed by atoms with E-state index in [1.54, 1.807) is 0 Å². The van der Waals surface area contributed by atoms with E-state index in [9.17, 15) is 31.7 Å². The van der Waals surface area contributed by atoms with Crippen molar-refractivity contribution < 1.29 is 31.3 Å². The number of benzene rings is 1. The van der Waals surface area contributed by atoms with Gasteiger partial charge in [-0.25, -0.2) is 16.8 Å². The van der Waals surface area contributed by atoms with Crippen molar-refractivity contribution in [3.8, 4) is 5.75 Å². The summed E-state index contributed by atoms with van der Waals surface area (Å²) in [4.78, 5) is 21.8. The van der Waals surface area contributed by atoms with Gasteiger partial charge in [-0.1, -0.05) is 0 Å². The van der Waals surface area contributed by atoms with Crippen LogP contribution in [-0.2, 0) is 24.5 Å². The highest BCUT2D eigenvalue weighted by Crippen LogP contribution is 2.29. The molecule has 1 aromatic carbocycles. The molecule has 1 heterocycles. The van der Waals surface area contributed by atoms with E-state index in [1.165, 1.54) is 0 Å². The Bertz CT molecular complexity index is 908. The van der Waals surface area contributed by atoms with Gasteiger partial charge < -0.3 is 10.1 Å². The molecule has 1 saturated heterocycles.